The van der Waals surface area contributed by atoms with E-state index in [9.17, 15) is 13.5 Å². The summed E-state index contributed by atoms with van der Waals surface area (Å²) in [6.07, 6.45) is 11.0. The van der Waals surface area contributed by atoms with Gasteiger partial charge in [-0.3, -0.25) is 0 Å². The van der Waals surface area contributed by atoms with E-state index in [4.69, 9.17) is 9.88 Å². The van der Waals surface area contributed by atoms with Crippen molar-refractivity contribution in [3.05, 3.63) is 0 Å². The van der Waals surface area contributed by atoms with Gasteiger partial charge in [-0.05, 0) is 55.8 Å². The summed E-state index contributed by atoms with van der Waals surface area (Å²) in [6, 6.07) is 0. The van der Waals surface area contributed by atoms with Crippen molar-refractivity contribution in [2.45, 2.75) is 98.3 Å². The molecule has 0 heterocycles. The lowest BCUT2D eigenvalue weighted by atomic mass is 9.75. The number of primary sulfonamides is 1. The predicted molar refractivity (Wildman–Crippen MR) is 114 cm³/mol. The molecule has 0 rings (SSSR count). The van der Waals surface area contributed by atoms with E-state index in [0.29, 0.717) is 5.41 Å². The maximum absolute atomic E-state index is 11.5. The minimum Gasteiger partial charge on any atom is -0.396 e. The standard InChI is InChI=1S/C21H45NO4S/c1-5-20(6-2,15-16-23)13-9-11-17-26-18-12-10-14-21(7-3,8-4)19-27(22,24)25/h23H,5-19H2,1-4H3,(H2,22,24,25). The molecule has 0 radical (unpaired) electrons. The van der Waals surface area contributed by atoms with Gasteiger partial charge in [-0.15, -0.1) is 0 Å². The Morgan fingerprint density at radius 2 is 1.22 bits per heavy atom. The van der Waals surface area contributed by atoms with Gasteiger partial charge in [0.2, 0.25) is 10.0 Å². The van der Waals surface area contributed by atoms with Crippen LogP contribution in [0.1, 0.15) is 98.3 Å². The van der Waals surface area contributed by atoms with Crippen molar-refractivity contribution in [3.8, 4) is 0 Å². The summed E-state index contributed by atoms with van der Waals surface area (Å²) in [4.78, 5) is 0. The smallest absolute Gasteiger partial charge is 0.209 e. The van der Waals surface area contributed by atoms with Gasteiger partial charge in [0.15, 0.2) is 0 Å². The second kappa shape index (κ2) is 13.9. The molecule has 6 heteroatoms. The third kappa shape index (κ3) is 11.4. The molecule has 0 unspecified atom stereocenters. The zero-order valence-electron chi connectivity index (χ0n) is 18.3. The summed E-state index contributed by atoms with van der Waals surface area (Å²) in [5.74, 6) is 0.0817. The van der Waals surface area contributed by atoms with Crippen LogP contribution in [0.15, 0.2) is 0 Å². The first-order chi connectivity index (χ1) is 12.7. The fraction of sp³-hybridized carbons (Fsp3) is 1.00. The normalized spacial score (nSPS) is 13.3. The molecule has 0 spiro atoms. The van der Waals surface area contributed by atoms with E-state index in [1.165, 1.54) is 0 Å². The van der Waals surface area contributed by atoms with Gasteiger partial charge >= 0.3 is 0 Å². The third-order valence-electron chi connectivity index (χ3n) is 6.64. The van der Waals surface area contributed by atoms with Crippen LogP contribution >= 0.6 is 0 Å². The van der Waals surface area contributed by atoms with E-state index >= 15 is 0 Å². The summed E-state index contributed by atoms with van der Waals surface area (Å²) in [5, 5.41) is 14.6. The number of hydrogen-bond donors (Lipinski definition) is 2. The van der Waals surface area contributed by atoms with Gasteiger partial charge in [0.1, 0.15) is 0 Å². The average Bonchev–Trinajstić information content (AvgIpc) is 2.63. The molecular formula is C21H45NO4S. The predicted octanol–water partition coefficient (Wildman–Crippen LogP) is 4.63. The number of unbranched alkanes of at least 4 members (excludes halogenated alkanes) is 2. The van der Waals surface area contributed by atoms with Crippen molar-refractivity contribution in [3.63, 3.8) is 0 Å². The van der Waals surface area contributed by atoms with E-state index in [1.54, 1.807) is 0 Å². The van der Waals surface area contributed by atoms with Crippen molar-refractivity contribution in [2.24, 2.45) is 16.0 Å². The number of rotatable bonds is 18. The highest BCUT2D eigenvalue weighted by Crippen LogP contribution is 2.36. The quantitative estimate of drug-likeness (QED) is 0.324. The molecule has 0 aromatic heterocycles. The molecule has 0 aliphatic heterocycles. The zero-order valence-corrected chi connectivity index (χ0v) is 19.1. The molecule has 0 bridgehead atoms. The Bertz CT molecular complexity index is 457. The lowest BCUT2D eigenvalue weighted by Gasteiger charge is -2.31. The lowest BCUT2D eigenvalue weighted by Crippen LogP contribution is -2.33. The van der Waals surface area contributed by atoms with Gasteiger partial charge < -0.3 is 9.84 Å². The van der Waals surface area contributed by atoms with Gasteiger partial charge in [-0.25, -0.2) is 13.6 Å². The second-order valence-corrected chi connectivity index (χ2v) is 9.84. The molecule has 3 N–H and O–H groups in total. The van der Waals surface area contributed by atoms with E-state index < -0.39 is 10.0 Å². The topological polar surface area (TPSA) is 89.6 Å². The molecule has 0 aromatic carbocycles. The molecule has 0 aliphatic rings. The van der Waals surface area contributed by atoms with E-state index in [2.05, 4.69) is 27.7 Å². The SMILES string of the molecule is CCC(CC)(CCO)CCCCOCCCCC(CC)(CC)CS(N)(=O)=O. The minimum absolute atomic E-state index is 0.0817. The Labute approximate surface area is 168 Å². The van der Waals surface area contributed by atoms with E-state index in [1.807, 2.05) is 0 Å². The monoisotopic (exact) mass is 407 g/mol. The molecular weight excluding hydrogens is 362 g/mol. The summed E-state index contributed by atoms with van der Waals surface area (Å²) >= 11 is 0. The van der Waals surface area contributed by atoms with Crippen LogP contribution in [-0.4, -0.2) is 39.1 Å². The van der Waals surface area contributed by atoms with Crippen LogP contribution in [0.25, 0.3) is 0 Å². The van der Waals surface area contributed by atoms with E-state index in [0.717, 1.165) is 83.8 Å². The van der Waals surface area contributed by atoms with Crippen molar-refractivity contribution in [2.75, 3.05) is 25.6 Å². The van der Waals surface area contributed by atoms with Crippen LogP contribution in [0.5, 0.6) is 0 Å². The van der Waals surface area contributed by atoms with Crippen LogP contribution in [-0.2, 0) is 14.8 Å². The van der Waals surface area contributed by atoms with Gasteiger partial charge in [-0.2, -0.15) is 0 Å². The van der Waals surface area contributed by atoms with Crippen molar-refractivity contribution in [1.29, 1.82) is 0 Å². The van der Waals surface area contributed by atoms with Crippen LogP contribution in [0.3, 0.4) is 0 Å². The largest absolute Gasteiger partial charge is 0.396 e. The number of sulfonamides is 1. The molecule has 0 aliphatic carbocycles. The Morgan fingerprint density at radius 3 is 1.59 bits per heavy atom. The Hall–Kier alpha value is -0.170. The van der Waals surface area contributed by atoms with Gasteiger partial charge in [0, 0.05) is 19.8 Å². The molecule has 0 aromatic rings. The first-order valence-electron chi connectivity index (χ1n) is 10.9. The summed E-state index contributed by atoms with van der Waals surface area (Å²) < 4.78 is 28.8. The fourth-order valence-corrected chi connectivity index (χ4v) is 5.54. The Balaban J connectivity index is 3.97. The molecule has 27 heavy (non-hydrogen) atoms. The number of nitrogens with two attached hydrogens (primary N) is 1. The van der Waals surface area contributed by atoms with Crippen LogP contribution in [0.4, 0.5) is 0 Å². The third-order valence-corrected chi connectivity index (χ3v) is 7.66. The summed E-state index contributed by atoms with van der Waals surface area (Å²) in [5.41, 5.74) is 0.103. The first kappa shape index (κ1) is 26.8. The molecule has 0 saturated carbocycles. The van der Waals surface area contributed by atoms with Crippen LogP contribution < -0.4 is 5.14 Å². The second-order valence-electron chi connectivity index (χ2n) is 8.22. The summed E-state index contributed by atoms with van der Waals surface area (Å²) in [6.45, 7) is 10.3. The molecule has 164 valence electrons. The van der Waals surface area contributed by atoms with Crippen molar-refractivity contribution >= 4 is 10.0 Å². The highest BCUT2D eigenvalue weighted by atomic mass is 32.2. The average molecular weight is 408 g/mol. The highest BCUT2D eigenvalue weighted by molar-refractivity contribution is 7.89. The van der Waals surface area contributed by atoms with Crippen molar-refractivity contribution in [1.82, 2.24) is 0 Å². The van der Waals surface area contributed by atoms with Crippen LogP contribution in [0, 0.1) is 10.8 Å². The molecule has 5 nitrogen and oxygen atoms in total. The highest BCUT2D eigenvalue weighted by Gasteiger charge is 2.30. The van der Waals surface area contributed by atoms with Gasteiger partial charge in [0.25, 0.3) is 0 Å². The molecule has 0 atom stereocenters. The molecule has 0 saturated heterocycles. The van der Waals surface area contributed by atoms with Crippen LogP contribution in [0.2, 0.25) is 0 Å². The van der Waals surface area contributed by atoms with E-state index in [-0.39, 0.29) is 17.8 Å². The Morgan fingerprint density at radius 1 is 0.778 bits per heavy atom. The fourth-order valence-electron chi connectivity index (χ4n) is 4.14. The zero-order chi connectivity index (χ0) is 20.8. The van der Waals surface area contributed by atoms with Gasteiger partial charge in [-0.1, -0.05) is 53.4 Å². The van der Waals surface area contributed by atoms with Crippen molar-refractivity contribution < 1.29 is 18.3 Å². The number of aliphatic hydroxyl groups is 1. The number of ether oxygens (including phenoxy) is 1. The number of hydrogen-bond acceptors (Lipinski definition) is 4. The molecule has 0 fully saturated rings. The van der Waals surface area contributed by atoms with Gasteiger partial charge in [0.05, 0.1) is 5.75 Å². The molecule has 0 amide bonds. The maximum Gasteiger partial charge on any atom is 0.209 e. The lowest BCUT2D eigenvalue weighted by molar-refractivity contribution is 0.112. The Kier molecular flexibility index (Phi) is 13.8. The maximum atomic E-state index is 11.5. The first-order valence-corrected chi connectivity index (χ1v) is 12.6. The number of aliphatic hydroxyl groups excluding tert-OH is 1. The summed E-state index contributed by atoms with van der Waals surface area (Å²) in [7, 11) is -3.43. The minimum atomic E-state index is -3.43.